The van der Waals surface area contributed by atoms with Crippen molar-refractivity contribution in [1.82, 2.24) is 4.57 Å². The number of rotatable bonds is 2. The topological polar surface area (TPSA) is 4.93 Å². The van der Waals surface area contributed by atoms with Crippen molar-refractivity contribution >= 4 is 21.8 Å². The minimum absolute atomic E-state index is 1.20. The van der Waals surface area contributed by atoms with Crippen LogP contribution in [-0.4, -0.2) is 4.57 Å². The van der Waals surface area contributed by atoms with Crippen molar-refractivity contribution in [3.8, 4) is 16.8 Å². The van der Waals surface area contributed by atoms with Gasteiger partial charge in [0.15, 0.2) is 0 Å². The first-order valence-corrected chi connectivity index (χ1v) is 9.38. The quantitative estimate of drug-likeness (QED) is 0.322. The van der Waals surface area contributed by atoms with Gasteiger partial charge in [-0.2, -0.15) is 0 Å². The van der Waals surface area contributed by atoms with Gasteiger partial charge < -0.3 is 4.57 Å². The molecule has 0 bridgehead atoms. The van der Waals surface area contributed by atoms with Gasteiger partial charge in [-0.05, 0) is 61.4 Å². The second-order valence-electron chi connectivity index (χ2n) is 7.29. The molecule has 5 rings (SSSR count). The first kappa shape index (κ1) is 15.9. The van der Waals surface area contributed by atoms with Crippen LogP contribution in [0.2, 0.25) is 0 Å². The van der Waals surface area contributed by atoms with Crippen LogP contribution in [0.4, 0.5) is 0 Å². The second-order valence-corrected chi connectivity index (χ2v) is 7.29. The molecule has 1 heteroatoms. The van der Waals surface area contributed by atoms with Crippen LogP contribution in [-0.2, 0) is 0 Å². The standard InChI is InChI=1S/C26H21N/c1-18-8-11-20(12-9-18)21-13-15-26-24(17-21)23-16-19(2)10-14-25(23)27(26)22-6-4-3-5-7-22/h3-17H,1-2H3. The van der Waals surface area contributed by atoms with Crippen molar-refractivity contribution in [3.63, 3.8) is 0 Å². The van der Waals surface area contributed by atoms with Gasteiger partial charge in [-0.25, -0.2) is 0 Å². The number of para-hydroxylation sites is 1. The number of benzene rings is 4. The number of fused-ring (bicyclic) bond motifs is 3. The third-order valence-electron chi connectivity index (χ3n) is 5.32. The van der Waals surface area contributed by atoms with E-state index in [4.69, 9.17) is 0 Å². The fourth-order valence-corrected chi connectivity index (χ4v) is 3.92. The molecule has 0 saturated carbocycles. The van der Waals surface area contributed by atoms with Gasteiger partial charge in [0.25, 0.3) is 0 Å². The summed E-state index contributed by atoms with van der Waals surface area (Å²) in [5.41, 5.74) is 8.79. The summed E-state index contributed by atoms with van der Waals surface area (Å²) in [7, 11) is 0. The zero-order valence-corrected chi connectivity index (χ0v) is 15.6. The van der Waals surface area contributed by atoms with Crippen molar-refractivity contribution in [2.75, 3.05) is 0 Å². The lowest BCUT2D eigenvalue weighted by Crippen LogP contribution is -1.93. The van der Waals surface area contributed by atoms with E-state index in [9.17, 15) is 0 Å². The summed E-state index contributed by atoms with van der Waals surface area (Å²) >= 11 is 0. The van der Waals surface area contributed by atoms with Gasteiger partial charge in [0.1, 0.15) is 0 Å². The van der Waals surface area contributed by atoms with E-state index in [0.29, 0.717) is 0 Å². The maximum atomic E-state index is 2.36. The van der Waals surface area contributed by atoms with E-state index in [1.807, 2.05) is 0 Å². The summed E-state index contributed by atoms with van der Waals surface area (Å²) in [5, 5.41) is 2.61. The zero-order valence-electron chi connectivity index (χ0n) is 15.6. The maximum Gasteiger partial charge on any atom is 0.0541 e. The molecule has 4 aromatic carbocycles. The van der Waals surface area contributed by atoms with E-state index in [2.05, 4.69) is 109 Å². The molecule has 0 spiro atoms. The van der Waals surface area contributed by atoms with E-state index in [1.54, 1.807) is 0 Å². The lowest BCUT2D eigenvalue weighted by atomic mass is 10.0. The van der Waals surface area contributed by atoms with Gasteiger partial charge in [-0.3, -0.25) is 0 Å². The molecule has 0 unspecified atom stereocenters. The number of aromatic nitrogens is 1. The van der Waals surface area contributed by atoms with E-state index >= 15 is 0 Å². The minimum atomic E-state index is 1.20. The summed E-state index contributed by atoms with van der Waals surface area (Å²) < 4.78 is 2.36. The van der Waals surface area contributed by atoms with E-state index in [-0.39, 0.29) is 0 Å². The van der Waals surface area contributed by atoms with Crippen molar-refractivity contribution in [3.05, 3.63) is 102 Å². The largest absolute Gasteiger partial charge is 0.309 e. The maximum absolute atomic E-state index is 2.36. The van der Waals surface area contributed by atoms with Crippen LogP contribution in [0.3, 0.4) is 0 Å². The third-order valence-corrected chi connectivity index (χ3v) is 5.32. The Kier molecular flexibility index (Phi) is 3.61. The van der Waals surface area contributed by atoms with Crippen LogP contribution in [0.25, 0.3) is 38.6 Å². The van der Waals surface area contributed by atoms with Crippen LogP contribution in [0.15, 0.2) is 91.0 Å². The van der Waals surface area contributed by atoms with Crippen molar-refractivity contribution in [2.24, 2.45) is 0 Å². The van der Waals surface area contributed by atoms with Crippen LogP contribution in [0, 0.1) is 13.8 Å². The lowest BCUT2D eigenvalue weighted by molar-refractivity contribution is 1.18. The summed E-state index contributed by atoms with van der Waals surface area (Å²) in [4.78, 5) is 0. The minimum Gasteiger partial charge on any atom is -0.309 e. The summed E-state index contributed by atoms with van der Waals surface area (Å²) in [6, 6.07) is 32.9. The number of nitrogens with zero attached hydrogens (tertiary/aromatic N) is 1. The molecule has 0 amide bonds. The fraction of sp³-hybridized carbons (Fsp3) is 0.0769. The normalized spacial score (nSPS) is 11.3. The highest BCUT2D eigenvalue weighted by molar-refractivity contribution is 6.10. The van der Waals surface area contributed by atoms with Crippen molar-refractivity contribution < 1.29 is 0 Å². The van der Waals surface area contributed by atoms with E-state index in [0.717, 1.165) is 0 Å². The molecule has 0 atom stereocenters. The molecule has 0 aliphatic rings. The van der Waals surface area contributed by atoms with Crippen molar-refractivity contribution in [1.29, 1.82) is 0 Å². The highest BCUT2D eigenvalue weighted by Gasteiger charge is 2.13. The first-order valence-electron chi connectivity index (χ1n) is 9.38. The molecule has 130 valence electrons. The Morgan fingerprint density at radius 3 is 1.85 bits per heavy atom. The third kappa shape index (κ3) is 2.63. The zero-order chi connectivity index (χ0) is 18.4. The van der Waals surface area contributed by atoms with Crippen LogP contribution in [0.5, 0.6) is 0 Å². The molecule has 0 fully saturated rings. The van der Waals surface area contributed by atoms with Gasteiger partial charge in [-0.15, -0.1) is 0 Å². The van der Waals surface area contributed by atoms with Crippen LogP contribution < -0.4 is 0 Å². The average Bonchev–Trinajstić information content (AvgIpc) is 3.02. The molecule has 27 heavy (non-hydrogen) atoms. The van der Waals surface area contributed by atoms with Gasteiger partial charge in [0, 0.05) is 16.5 Å². The van der Waals surface area contributed by atoms with Gasteiger partial charge in [0.05, 0.1) is 11.0 Å². The predicted molar refractivity (Wildman–Crippen MR) is 116 cm³/mol. The molecule has 1 heterocycles. The highest BCUT2D eigenvalue weighted by Crippen LogP contribution is 2.35. The summed E-state index contributed by atoms with van der Waals surface area (Å²) in [6.07, 6.45) is 0. The van der Waals surface area contributed by atoms with Crippen molar-refractivity contribution in [2.45, 2.75) is 13.8 Å². The molecule has 0 N–H and O–H groups in total. The predicted octanol–water partition coefficient (Wildman–Crippen LogP) is 7.07. The Labute approximate surface area is 159 Å². The number of hydrogen-bond acceptors (Lipinski definition) is 0. The fourth-order valence-electron chi connectivity index (χ4n) is 3.92. The van der Waals surface area contributed by atoms with E-state index < -0.39 is 0 Å². The molecule has 0 radical (unpaired) electrons. The Bertz CT molecular complexity index is 1260. The SMILES string of the molecule is Cc1ccc(-c2ccc3c(c2)c2cc(C)ccc2n3-c2ccccc2)cc1. The monoisotopic (exact) mass is 347 g/mol. The molecule has 1 aromatic heterocycles. The summed E-state index contributed by atoms with van der Waals surface area (Å²) in [5.74, 6) is 0. The van der Waals surface area contributed by atoms with Gasteiger partial charge >= 0.3 is 0 Å². The molecule has 1 nitrogen and oxygen atoms in total. The Hall–Kier alpha value is -3.32. The smallest absolute Gasteiger partial charge is 0.0541 e. The van der Waals surface area contributed by atoms with Gasteiger partial charge in [-0.1, -0.05) is 65.7 Å². The Balaban J connectivity index is 1.84. The Morgan fingerprint density at radius 1 is 0.519 bits per heavy atom. The number of aryl methyl sites for hydroxylation is 2. The second kappa shape index (κ2) is 6.14. The molecule has 0 aliphatic carbocycles. The molecule has 5 aromatic rings. The molecular formula is C26H21N. The lowest BCUT2D eigenvalue weighted by Gasteiger charge is -2.08. The van der Waals surface area contributed by atoms with Crippen LogP contribution >= 0.6 is 0 Å². The average molecular weight is 347 g/mol. The highest BCUT2D eigenvalue weighted by atomic mass is 15.0. The van der Waals surface area contributed by atoms with E-state index in [1.165, 1.54) is 49.7 Å². The van der Waals surface area contributed by atoms with Crippen LogP contribution in [0.1, 0.15) is 11.1 Å². The molecular weight excluding hydrogens is 326 g/mol. The summed E-state index contributed by atoms with van der Waals surface area (Å²) in [6.45, 7) is 4.29. The Morgan fingerprint density at radius 2 is 1.11 bits per heavy atom. The van der Waals surface area contributed by atoms with Gasteiger partial charge in [0.2, 0.25) is 0 Å². The first-order chi connectivity index (χ1) is 13.2. The molecule has 0 saturated heterocycles. The number of hydrogen-bond donors (Lipinski definition) is 0. The molecule has 0 aliphatic heterocycles.